The van der Waals surface area contributed by atoms with Crippen LogP contribution in [0.15, 0.2) is 63.6 Å². The second-order valence-electron chi connectivity index (χ2n) is 6.38. The van der Waals surface area contributed by atoms with Gasteiger partial charge in [-0.3, -0.25) is 0 Å². The molecule has 0 saturated carbocycles. The predicted octanol–water partition coefficient (Wildman–Crippen LogP) is 6.87. The zero-order valence-corrected chi connectivity index (χ0v) is 18.5. The van der Waals surface area contributed by atoms with Gasteiger partial charge in [0, 0.05) is 10.0 Å². The normalized spacial score (nSPS) is 10.9. The third kappa shape index (κ3) is 3.62. The van der Waals surface area contributed by atoms with Gasteiger partial charge < -0.3 is 9.26 Å². The molecule has 150 valence electrons. The first-order chi connectivity index (χ1) is 14.4. The number of aromatic nitrogens is 1. The summed E-state index contributed by atoms with van der Waals surface area (Å²) in [5.74, 6) is -1.55. The molecule has 8 heteroatoms. The van der Waals surface area contributed by atoms with Crippen molar-refractivity contribution in [3.05, 3.63) is 86.0 Å². The van der Waals surface area contributed by atoms with Crippen LogP contribution in [0, 0.1) is 6.92 Å². The zero-order valence-electron chi connectivity index (χ0n) is 15.4. The molecule has 0 aliphatic rings. The van der Waals surface area contributed by atoms with Crippen LogP contribution in [0.25, 0.3) is 22.0 Å². The van der Waals surface area contributed by atoms with E-state index in [-0.39, 0.29) is 32.6 Å². The molecule has 4 rings (SSSR count). The summed E-state index contributed by atoms with van der Waals surface area (Å²) in [6, 6.07) is 15.8. The average Bonchev–Trinajstić information content (AvgIpc) is 3.09. The summed E-state index contributed by atoms with van der Waals surface area (Å²) in [6.45, 7) is 1.54. The molecule has 0 N–H and O–H groups in total. The Morgan fingerprint density at radius 1 is 0.967 bits per heavy atom. The van der Waals surface area contributed by atoms with Crippen molar-refractivity contribution in [1.82, 2.24) is 5.16 Å². The monoisotopic (exact) mass is 503 g/mol. The summed E-state index contributed by atoms with van der Waals surface area (Å²) in [5, 5.41) is 6.24. The van der Waals surface area contributed by atoms with Gasteiger partial charge in [-0.25, -0.2) is 9.59 Å². The van der Waals surface area contributed by atoms with Crippen molar-refractivity contribution < 1.29 is 18.8 Å². The molecule has 0 radical (unpaired) electrons. The Morgan fingerprint density at radius 2 is 1.67 bits per heavy atom. The van der Waals surface area contributed by atoms with E-state index in [0.29, 0.717) is 10.0 Å². The molecule has 0 aliphatic heterocycles. The number of hydrogen-bond acceptors (Lipinski definition) is 5. The number of aryl methyl sites for hydroxylation is 1. The molecule has 1 aromatic heterocycles. The summed E-state index contributed by atoms with van der Waals surface area (Å²) in [5.41, 5.74) is 0.631. The van der Waals surface area contributed by atoms with Crippen LogP contribution in [0.3, 0.4) is 0 Å². The van der Waals surface area contributed by atoms with Crippen LogP contribution in [-0.2, 0) is 4.74 Å². The third-order valence-corrected chi connectivity index (χ3v) is 6.02. The predicted molar refractivity (Wildman–Crippen MR) is 118 cm³/mol. The van der Waals surface area contributed by atoms with Crippen molar-refractivity contribution in [3.8, 4) is 11.3 Å². The molecule has 1 heterocycles. The Bertz CT molecular complexity index is 1300. The van der Waals surface area contributed by atoms with Gasteiger partial charge in [-0.2, -0.15) is 0 Å². The molecule has 30 heavy (non-hydrogen) atoms. The van der Waals surface area contributed by atoms with Gasteiger partial charge in [0.15, 0.2) is 0 Å². The molecular formula is C22H12BrCl2NO4. The van der Waals surface area contributed by atoms with Crippen molar-refractivity contribution in [1.29, 1.82) is 0 Å². The lowest BCUT2D eigenvalue weighted by Gasteiger charge is -2.09. The maximum atomic E-state index is 12.9. The van der Waals surface area contributed by atoms with Gasteiger partial charge in [0.05, 0.1) is 15.6 Å². The number of carbonyl (C=O) groups is 2. The van der Waals surface area contributed by atoms with Crippen LogP contribution in [0.1, 0.15) is 26.5 Å². The van der Waals surface area contributed by atoms with Gasteiger partial charge in [-0.15, -0.1) is 0 Å². The van der Waals surface area contributed by atoms with Crippen LogP contribution >= 0.6 is 39.1 Å². The van der Waals surface area contributed by atoms with Gasteiger partial charge in [-0.1, -0.05) is 64.8 Å². The van der Waals surface area contributed by atoms with Gasteiger partial charge in [0.1, 0.15) is 17.0 Å². The molecule has 0 aliphatic carbocycles. The summed E-state index contributed by atoms with van der Waals surface area (Å²) < 4.78 is 10.8. The summed E-state index contributed by atoms with van der Waals surface area (Å²) in [4.78, 5) is 25.6. The standard InChI is InChI=1S/C22H12BrCl2NO4/c1-11-17(20(26-30-11)18-15(24)7-4-8-16(18)25)22(28)29-21(27)14-10-9-12-5-2-3-6-13(12)19(14)23/h2-10H,1H3. The maximum Gasteiger partial charge on any atom is 0.351 e. The Hall–Kier alpha value is -2.67. The highest BCUT2D eigenvalue weighted by Crippen LogP contribution is 2.37. The number of halogens is 3. The molecular weight excluding hydrogens is 493 g/mol. The van der Waals surface area contributed by atoms with E-state index in [2.05, 4.69) is 21.1 Å². The Labute approximate surface area is 189 Å². The van der Waals surface area contributed by atoms with Crippen molar-refractivity contribution >= 4 is 61.8 Å². The van der Waals surface area contributed by atoms with E-state index >= 15 is 0 Å². The molecule has 0 fully saturated rings. The zero-order chi connectivity index (χ0) is 21.4. The van der Waals surface area contributed by atoms with Gasteiger partial charge in [0.25, 0.3) is 0 Å². The summed E-state index contributed by atoms with van der Waals surface area (Å²) in [7, 11) is 0. The maximum absolute atomic E-state index is 12.9. The highest BCUT2D eigenvalue weighted by molar-refractivity contribution is 9.10. The van der Waals surface area contributed by atoms with Crippen LogP contribution in [0.2, 0.25) is 10.0 Å². The lowest BCUT2D eigenvalue weighted by atomic mass is 10.1. The van der Waals surface area contributed by atoms with E-state index in [9.17, 15) is 9.59 Å². The molecule has 0 saturated heterocycles. The van der Waals surface area contributed by atoms with Crippen LogP contribution in [-0.4, -0.2) is 17.1 Å². The lowest BCUT2D eigenvalue weighted by Crippen LogP contribution is -2.14. The fraction of sp³-hybridized carbons (Fsp3) is 0.0455. The fourth-order valence-electron chi connectivity index (χ4n) is 3.09. The third-order valence-electron chi connectivity index (χ3n) is 4.54. The van der Waals surface area contributed by atoms with Crippen LogP contribution in [0.4, 0.5) is 0 Å². The number of nitrogens with zero attached hydrogens (tertiary/aromatic N) is 1. The minimum absolute atomic E-state index is 0.0183. The van der Waals surface area contributed by atoms with E-state index < -0.39 is 11.9 Å². The lowest BCUT2D eigenvalue weighted by molar-refractivity contribution is 0.0397. The Morgan fingerprint density at radius 3 is 2.40 bits per heavy atom. The van der Waals surface area contributed by atoms with Crippen LogP contribution < -0.4 is 0 Å². The number of fused-ring (bicyclic) bond motifs is 1. The Kier molecular flexibility index (Phi) is 5.64. The summed E-state index contributed by atoms with van der Waals surface area (Å²) >= 11 is 15.9. The largest absolute Gasteiger partial charge is 0.386 e. The highest BCUT2D eigenvalue weighted by Gasteiger charge is 2.28. The summed E-state index contributed by atoms with van der Waals surface area (Å²) in [6.07, 6.45) is 0. The number of benzene rings is 3. The van der Waals surface area contributed by atoms with E-state index in [0.717, 1.165) is 10.8 Å². The second-order valence-corrected chi connectivity index (χ2v) is 7.99. The molecule has 0 bridgehead atoms. The van der Waals surface area contributed by atoms with Crippen molar-refractivity contribution in [3.63, 3.8) is 0 Å². The second kappa shape index (κ2) is 8.22. The number of ether oxygens (including phenoxy) is 1. The first kappa shape index (κ1) is 20.6. The minimum atomic E-state index is -0.912. The quantitative estimate of drug-likeness (QED) is 0.225. The molecule has 5 nitrogen and oxygen atoms in total. The fourth-order valence-corrected chi connectivity index (χ4v) is 4.32. The van der Waals surface area contributed by atoms with Crippen molar-refractivity contribution in [2.75, 3.05) is 0 Å². The highest BCUT2D eigenvalue weighted by atomic mass is 79.9. The smallest absolute Gasteiger partial charge is 0.351 e. The number of hydrogen-bond donors (Lipinski definition) is 0. The van der Waals surface area contributed by atoms with E-state index in [4.69, 9.17) is 32.5 Å². The molecule has 0 amide bonds. The molecule has 4 aromatic rings. The topological polar surface area (TPSA) is 69.4 Å². The Balaban J connectivity index is 1.70. The van der Waals surface area contributed by atoms with Crippen molar-refractivity contribution in [2.24, 2.45) is 0 Å². The van der Waals surface area contributed by atoms with Crippen molar-refractivity contribution in [2.45, 2.75) is 6.92 Å². The van der Waals surface area contributed by atoms with Crippen LogP contribution in [0.5, 0.6) is 0 Å². The first-order valence-corrected chi connectivity index (χ1v) is 10.3. The number of rotatable bonds is 3. The number of carbonyl (C=O) groups excluding carboxylic acids is 2. The molecule has 0 unspecified atom stereocenters. The SMILES string of the molecule is Cc1onc(-c2c(Cl)cccc2Cl)c1C(=O)OC(=O)c1ccc2ccccc2c1Br. The van der Waals surface area contributed by atoms with E-state index in [1.807, 2.05) is 24.3 Å². The van der Waals surface area contributed by atoms with Gasteiger partial charge >= 0.3 is 11.9 Å². The average molecular weight is 505 g/mol. The molecule has 3 aromatic carbocycles. The van der Waals surface area contributed by atoms with Gasteiger partial charge in [0.2, 0.25) is 0 Å². The van der Waals surface area contributed by atoms with Gasteiger partial charge in [-0.05, 0) is 51.8 Å². The molecule has 0 spiro atoms. The van der Waals surface area contributed by atoms with E-state index in [1.165, 1.54) is 6.92 Å². The minimum Gasteiger partial charge on any atom is -0.386 e. The first-order valence-electron chi connectivity index (χ1n) is 8.73. The number of esters is 2. The van der Waals surface area contributed by atoms with E-state index in [1.54, 1.807) is 30.3 Å². The molecule has 0 atom stereocenters.